The third-order valence-electron chi connectivity index (χ3n) is 5.36. The van der Waals surface area contributed by atoms with Crippen LogP contribution in [-0.2, 0) is 24.8 Å². The van der Waals surface area contributed by atoms with Gasteiger partial charge in [0.15, 0.2) is 0 Å². The minimum atomic E-state index is -4.06. The van der Waals surface area contributed by atoms with Gasteiger partial charge in [0.05, 0.1) is 15.5 Å². The smallest absolute Gasteiger partial charge is 0.264 e. The molecular formula is C26H23BrN4O5S2. The fourth-order valence-corrected chi connectivity index (χ4v) is 6.12. The first kappa shape index (κ1) is 27.3. The molecule has 2 N–H and O–H groups in total. The van der Waals surface area contributed by atoms with Gasteiger partial charge in [0.25, 0.3) is 20.0 Å². The van der Waals surface area contributed by atoms with E-state index < -0.39 is 32.5 Å². The number of amides is 1. The molecule has 0 saturated heterocycles. The zero-order valence-corrected chi connectivity index (χ0v) is 23.3. The molecule has 196 valence electrons. The molecule has 0 fully saturated rings. The summed E-state index contributed by atoms with van der Waals surface area (Å²) in [6.07, 6.45) is 1.47. The van der Waals surface area contributed by atoms with E-state index in [-0.39, 0.29) is 15.6 Å². The van der Waals surface area contributed by atoms with Crippen LogP contribution in [-0.4, -0.2) is 34.3 Å². The third-order valence-corrected chi connectivity index (χ3v) is 9.05. The van der Waals surface area contributed by atoms with E-state index in [0.717, 1.165) is 14.3 Å². The van der Waals surface area contributed by atoms with Crippen LogP contribution in [0.1, 0.15) is 5.56 Å². The second-order valence-corrected chi connectivity index (χ2v) is 12.7. The summed E-state index contributed by atoms with van der Waals surface area (Å²) in [6.45, 7) is 1.35. The molecule has 0 aliphatic carbocycles. The van der Waals surface area contributed by atoms with Crippen molar-refractivity contribution in [3.8, 4) is 0 Å². The van der Waals surface area contributed by atoms with Gasteiger partial charge < -0.3 is 5.32 Å². The van der Waals surface area contributed by atoms with Crippen LogP contribution in [0.2, 0.25) is 0 Å². The Morgan fingerprint density at radius 3 is 2.08 bits per heavy atom. The van der Waals surface area contributed by atoms with Crippen molar-refractivity contribution in [2.75, 3.05) is 20.9 Å². The zero-order valence-electron chi connectivity index (χ0n) is 20.1. The molecule has 0 bridgehead atoms. The molecule has 0 spiro atoms. The number of halogens is 1. The Morgan fingerprint density at radius 2 is 1.47 bits per heavy atom. The Morgan fingerprint density at radius 1 is 0.842 bits per heavy atom. The van der Waals surface area contributed by atoms with Crippen molar-refractivity contribution < 1.29 is 21.6 Å². The van der Waals surface area contributed by atoms with E-state index in [1.165, 1.54) is 48.7 Å². The van der Waals surface area contributed by atoms with E-state index in [2.05, 4.69) is 31.0 Å². The number of nitrogens with one attached hydrogen (secondary N) is 2. The first-order chi connectivity index (χ1) is 18.0. The van der Waals surface area contributed by atoms with E-state index in [0.29, 0.717) is 11.4 Å². The number of sulfonamides is 2. The van der Waals surface area contributed by atoms with Gasteiger partial charge in [-0.3, -0.25) is 13.8 Å². The predicted octanol–water partition coefficient (Wildman–Crippen LogP) is 4.79. The van der Waals surface area contributed by atoms with Gasteiger partial charge in [-0.1, -0.05) is 39.7 Å². The molecule has 0 unspecified atom stereocenters. The van der Waals surface area contributed by atoms with Crippen molar-refractivity contribution >= 4 is 59.1 Å². The van der Waals surface area contributed by atoms with Gasteiger partial charge in [-0.25, -0.2) is 21.8 Å². The fraction of sp³-hybridized carbons (Fsp3) is 0.0769. The molecule has 0 aliphatic rings. The molecule has 1 aromatic heterocycles. The minimum Gasteiger partial charge on any atom is -0.325 e. The van der Waals surface area contributed by atoms with E-state index in [1.54, 1.807) is 48.5 Å². The maximum atomic E-state index is 13.5. The van der Waals surface area contributed by atoms with Crippen LogP contribution < -0.4 is 14.3 Å². The number of hydrogen-bond donors (Lipinski definition) is 2. The van der Waals surface area contributed by atoms with Gasteiger partial charge in [0.2, 0.25) is 5.91 Å². The molecule has 0 radical (unpaired) electrons. The van der Waals surface area contributed by atoms with Crippen molar-refractivity contribution in [1.29, 1.82) is 0 Å². The number of aryl methyl sites for hydroxylation is 1. The first-order valence-electron chi connectivity index (χ1n) is 11.2. The summed E-state index contributed by atoms with van der Waals surface area (Å²) >= 11 is 3.33. The number of anilines is 3. The average Bonchev–Trinajstić information content (AvgIpc) is 2.89. The van der Waals surface area contributed by atoms with Crippen LogP contribution >= 0.6 is 15.9 Å². The third kappa shape index (κ3) is 6.57. The second-order valence-electron chi connectivity index (χ2n) is 8.19. The number of aromatic nitrogens is 1. The molecule has 0 saturated carbocycles. The van der Waals surface area contributed by atoms with Crippen molar-refractivity contribution in [1.82, 2.24) is 4.98 Å². The van der Waals surface area contributed by atoms with Crippen LogP contribution in [0.25, 0.3) is 0 Å². The molecular weight excluding hydrogens is 592 g/mol. The highest BCUT2D eigenvalue weighted by Gasteiger charge is 2.27. The summed E-state index contributed by atoms with van der Waals surface area (Å²) in [5, 5.41) is 2.63. The minimum absolute atomic E-state index is 0.0282. The lowest BCUT2D eigenvalue weighted by Crippen LogP contribution is -2.38. The normalized spacial score (nSPS) is 11.5. The lowest BCUT2D eigenvalue weighted by molar-refractivity contribution is -0.114. The molecule has 38 heavy (non-hydrogen) atoms. The SMILES string of the molecule is Cc1ccc(S(=O)(=O)N(CC(=O)Nc2ccc(S(=O)(=O)Nc3ccccn3)cc2)c2ccc(Br)cc2)cc1. The van der Waals surface area contributed by atoms with Gasteiger partial charge in [-0.15, -0.1) is 0 Å². The average molecular weight is 616 g/mol. The van der Waals surface area contributed by atoms with Gasteiger partial charge in [-0.2, -0.15) is 0 Å². The van der Waals surface area contributed by atoms with E-state index >= 15 is 0 Å². The summed E-state index contributed by atoms with van der Waals surface area (Å²) in [4.78, 5) is 16.9. The maximum Gasteiger partial charge on any atom is 0.264 e. The van der Waals surface area contributed by atoms with Gasteiger partial charge in [-0.05, 0) is 79.7 Å². The molecule has 0 aliphatic heterocycles. The standard InChI is InChI=1S/C26H23BrN4O5S2/c1-19-5-13-24(14-6-19)38(35,36)31(22-11-7-20(27)8-12-22)18-26(32)29-21-9-15-23(16-10-21)37(33,34)30-25-4-2-3-17-28-25/h2-17H,18H2,1H3,(H,28,30)(H,29,32). The molecule has 0 atom stereocenters. The topological polar surface area (TPSA) is 126 Å². The fourth-order valence-electron chi connectivity index (χ4n) is 3.43. The van der Waals surface area contributed by atoms with Crippen molar-refractivity contribution in [3.63, 3.8) is 0 Å². The molecule has 1 heterocycles. The quantitative estimate of drug-likeness (QED) is 0.279. The maximum absolute atomic E-state index is 13.5. The van der Waals surface area contributed by atoms with Crippen LogP contribution in [0.5, 0.6) is 0 Å². The van der Waals surface area contributed by atoms with Gasteiger partial charge in [0, 0.05) is 16.4 Å². The summed E-state index contributed by atoms with van der Waals surface area (Å²) in [6, 6.07) is 23.3. The van der Waals surface area contributed by atoms with Crippen LogP contribution in [0, 0.1) is 6.92 Å². The lowest BCUT2D eigenvalue weighted by Gasteiger charge is -2.24. The highest BCUT2D eigenvalue weighted by atomic mass is 79.9. The molecule has 4 rings (SSSR count). The number of nitrogens with zero attached hydrogens (tertiary/aromatic N) is 2. The number of rotatable bonds is 9. The monoisotopic (exact) mass is 614 g/mol. The Bertz CT molecular complexity index is 1630. The van der Waals surface area contributed by atoms with E-state index in [9.17, 15) is 21.6 Å². The number of benzene rings is 3. The van der Waals surface area contributed by atoms with Crippen molar-refractivity contribution in [3.05, 3.63) is 107 Å². The van der Waals surface area contributed by atoms with Crippen molar-refractivity contribution in [2.24, 2.45) is 0 Å². The Labute approximate surface area is 229 Å². The van der Waals surface area contributed by atoms with Crippen LogP contribution in [0.15, 0.2) is 111 Å². The molecule has 12 heteroatoms. The molecule has 9 nitrogen and oxygen atoms in total. The Balaban J connectivity index is 1.53. The van der Waals surface area contributed by atoms with Crippen molar-refractivity contribution in [2.45, 2.75) is 16.7 Å². The summed E-state index contributed by atoms with van der Waals surface area (Å²) in [7, 11) is -7.95. The van der Waals surface area contributed by atoms with Gasteiger partial charge >= 0.3 is 0 Å². The number of carbonyl (C=O) groups excluding carboxylic acids is 1. The Hall–Kier alpha value is -3.74. The van der Waals surface area contributed by atoms with E-state index in [1.807, 2.05) is 6.92 Å². The second kappa shape index (κ2) is 11.3. The molecule has 4 aromatic rings. The summed E-state index contributed by atoms with van der Waals surface area (Å²) in [5.41, 5.74) is 1.51. The lowest BCUT2D eigenvalue weighted by atomic mass is 10.2. The summed E-state index contributed by atoms with van der Waals surface area (Å²) in [5.74, 6) is -0.432. The molecule has 3 aromatic carbocycles. The summed E-state index contributed by atoms with van der Waals surface area (Å²) < 4.78 is 56.3. The van der Waals surface area contributed by atoms with Gasteiger partial charge in [0.1, 0.15) is 12.4 Å². The first-order valence-corrected chi connectivity index (χ1v) is 14.9. The zero-order chi connectivity index (χ0) is 27.3. The van der Waals surface area contributed by atoms with Crippen LogP contribution in [0.3, 0.4) is 0 Å². The highest BCUT2D eigenvalue weighted by Crippen LogP contribution is 2.26. The Kier molecular flexibility index (Phi) is 8.14. The number of hydrogen-bond acceptors (Lipinski definition) is 6. The van der Waals surface area contributed by atoms with E-state index in [4.69, 9.17) is 0 Å². The molecule has 1 amide bonds. The predicted molar refractivity (Wildman–Crippen MR) is 150 cm³/mol. The number of pyridine rings is 1. The largest absolute Gasteiger partial charge is 0.325 e. The number of carbonyl (C=O) groups is 1. The highest BCUT2D eigenvalue weighted by molar-refractivity contribution is 9.10. The van der Waals surface area contributed by atoms with Crippen LogP contribution in [0.4, 0.5) is 17.2 Å².